The van der Waals surface area contributed by atoms with E-state index in [0.29, 0.717) is 22.8 Å². The van der Waals surface area contributed by atoms with Crippen LogP contribution in [0.4, 0.5) is 5.00 Å². The maximum absolute atomic E-state index is 12.2. The van der Waals surface area contributed by atoms with Gasteiger partial charge in [0.1, 0.15) is 5.00 Å². The number of ether oxygens (including phenoxy) is 1. The van der Waals surface area contributed by atoms with Crippen LogP contribution in [0, 0.1) is 6.92 Å². The Balaban J connectivity index is 2.29. The molecule has 1 fully saturated rings. The molecule has 2 heterocycles. The number of thiocarbonyl (C=S) groups is 1. The van der Waals surface area contributed by atoms with Crippen molar-refractivity contribution in [2.75, 3.05) is 12.4 Å². The van der Waals surface area contributed by atoms with Crippen molar-refractivity contribution < 1.29 is 9.53 Å². The Morgan fingerprint density at radius 1 is 1.39 bits per heavy atom. The topological polar surface area (TPSA) is 41.6 Å². The largest absolute Gasteiger partial charge is 0.465 e. The Labute approximate surface area is 148 Å². The second-order valence-electron chi connectivity index (χ2n) is 6.15. The minimum Gasteiger partial charge on any atom is -0.465 e. The van der Waals surface area contributed by atoms with E-state index in [1.807, 2.05) is 6.92 Å². The highest BCUT2D eigenvalue weighted by Crippen LogP contribution is 2.35. The number of rotatable bonds is 3. The molecule has 1 aliphatic rings. The summed E-state index contributed by atoms with van der Waals surface area (Å²) in [5, 5.41) is 4.84. The zero-order valence-corrected chi connectivity index (χ0v) is 16.2. The van der Waals surface area contributed by atoms with Crippen LogP contribution in [0.5, 0.6) is 0 Å². The van der Waals surface area contributed by atoms with Gasteiger partial charge in [0.2, 0.25) is 0 Å². The highest BCUT2D eigenvalue weighted by atomic mass is 32.1. The van der Waals surface area contributed by atoms with Gasteiger partial charge >= 0.3 is 5.97 Å². The van der Waals surface area contributed by atoms with E-state index in [0.717, 1.165) is 34.7 Å². The van der Waals surface area contributed by atoms with Crippen molar-refractivity contribution in [1.82, 2.24) is 4.90 Å². The number of esters is 1. The number of methoxy groups -OCH3 is 1. The number of piperidine rings is 1. The molecule has 1 aromatic rings. The molecule has 0 unspecified atom stereocenters. The molecule has 0 saturated carbocycles. The van der Waals surface area contributed by atoms with E-state index < -0.39 is 0 Å². The van der Waals surface area contributed by atoms with Gasteiger partial charge in [0, 0.05) is 17.0 Å². The first-order valence-corrected chi connectivity index (χ1v) is 9.43. The number of carbonyl (C=O) groups excluding carboxylic acids is 1. The smallest absolute Gasteiger partial charge is 0.341 e. The first-order chi connectivity index (χ1) is 10.9. The summed E-state index contributed by atoms with van der Waals surface area (Å²) < 4.78 is 4.97. The van der Waals surface area contributed by atoms with Crippen LogP contribution in [0.2, 0.25) is 0 Å². The van der Waals surface area contributed by atoms with E-state index >= 15 is 0 Å². The molecule has 0 aliphatic carbocycles. The molecule has 0 bridgehead atoms. The number of carbonyl (C=O) groups is 1. The highest BCUT2D eigenvalue weighted by molar-refractivity contribution is 7.80. The molecule has 0 spiro atoms. The summed E-state index contributed by atoms with van der Waals surface area (Å²) in [6.07, 6.45) is 4.35. The summed E-state index contributed by atoms with van der Waals surface area (Å²) in [4.78, 5) is 15.6. The van der Waals surface area contributed by atoms with Gasteiger partial charge in [-0.25, -0.2) is 4.79 Å². The summed E-state index contributed by atoms with van der Waals surface area (Å²) in [6.45, 7) is 8.51. The highest BCUT2D eigenvalue weighted by Gasteiger charge is 2.29. The predicted octanol–water partition coefficient (Wildman–Crippen LogP) is 4.37. The summed E-state index contributed by atoms with van der Waals surface area (Å²) in [5.74, 6) is -0.295. The average Bonchev–Trinajstić information content (AvgIpc) is 2.81. The maximum atomic E-state index is 12.2. The lowest BCUT2D eigenvalue weighted by Crippen LogP contribution is -2.49. The van der Waals surface area contributed by atoms with Gasteiger partial charge in [0.25, 0.3) is 0 Å². The third-order valence-electron chi connectivity index (χ3n) is 4.60. The van der Waals surface area contributed by atoms with Crippen LogP contribution in [-0.2, 0) is 11.2 Å². The number of hydrogen-bond donors (Lipinski definition) is 1. The second kappa shape index (κ2) is 7.62. The van der Waals surface area contributed by atoms with E-state index in [1.54, 1.807) is 11.3 Å². The van der Waals surface area contributed by atoms with Crippen LogP contribution in [0.1, 0.15) is 60.8 Å². The third kappa shape index (κ3) is 3.69. The van der Waals surface area contributed by atoms with E-state index in [2.05, 4.69) is 31.0 Å². The van der Waals surface area contributed by atoms with E-state index in [1.165, 1.54) is 13.5 Å². The van der Waals surface area contributed by atoms with Crippen molar-refractivity contribution in [3.8, 4) is 0 Å². The summed E-state index contributed by atoms with van der Waals surface area (Å²) in [5.41, 5.74) is 1.68. The van der Waals surface area contributed by atoms with Crippen molar-refractivity contribution in [3.63, 3.8) is 0 Å². The monoisotopic (exact) mass is 354 g/mol. The zero-order valence-electron chi connectivity index (χ0n) is 14.6. The summed E-state index contributed by atoms with van der Waals surface area (Å²) in [6, 6.07) is 0.846. The second-order valence-corrected chi connectivity index (χ2v) is 7.76. The lowest BCUT2D eigenvalue weighted by atomic mass is 9.98. The third-order valence-corrected chi connectivity index (χ3v) is 5.98. The fourth-order valence-corrected chi connectivity index (χ4v) is 5.05. The molecule has 23 heavy (non-hydrogen) atoms. The van der Waals surface area contributed by atoms with Gasteiger partial charge in [0.05, 0.1) is 12.7 Å². The Hall–Kier alpha value is -1.14. The van der Waals surface area contributed by atoms with Crippen LogP contribution < -0.4 is 5.32 Å². The molecular weight excluding hydrogens is 328 g/mol. The Morgan fingerprint density at radius 2 is 2.00 bits per heavy atom. The number of nitrogens with one attached hydrogen (secondary N) is 1. The van der Waals surface area contributed by atoms with Crippen molar-refractivity contribution in [3.05, 3.63) is 16.0 Å². The molecule has 0 amide bonds. The Bertz CT molecular complexity index is 588. The molecule has 2 rings (SSSR count). The minimum atomic E-state index is -0.295. The molecule has 2 atom stereocenters. The van der Waals surface area contributed by atoms with Gasteiger partial charge < -0.3 is 15.0 Å². The number of hydrogen-bond acceptors (Lipinski definition) is 4. The van der Waals surface area contributed by atoms with Crippen LogP contribution in [0.15, 0.2) is 0 Å². The zero-order chi connectivity index (χ0) is 17.1. The fourth-order valence-electron chi connectivity index (χ4n) is 3.39. The molecule has 128 valence electrons. The van der Waals surface area contributed by atoms with Gasteiger partial charge in [-0.05, 0) is 64.2 Å². The lowest BCUT2D eigenvalue weighted by Gasteiger charge is -2.40. The summed E-state index contributed by atoms with van der Waals surface area (Å²) in [7, 11) is 1.42. The number of nitrogens with zero attached hydrogens (tertiary/aromatic N) is 1. The van der Waals surface area contributed by atoms with Crippen molar-refractivity contribution in [1.29, 1.82) is 0 Å². The molecule has 1 aromatic heterocycles. The molecule has 4 nitrogen and oxygen atoms in total. The number of aryl methyl sites for hydroxylation is 1. The molecular formula is C17H26N2O2S2. The fraction of sp³-hybridized carbons (Fsp3) is 0.647. The first kappa shape index (κ1) is 18.2. The number of anilines is 1. The Kier molecular flexibility index (Phi) is 6.03. The maximum Gasteiger partial charge on any atom is 0.341 e. The predicted molar refractivity (Wildman–Crippen MR) is 101 cm³/mol. The van der Waals surface area contributed by atoms with Gasteiger partial charge in [-0.2, -0.15) is 0 Å². The lowest BCUT2D eigenvalue weighted by molar-refractivity contribution is 0.0601. The van der Waals surface area contributed by atoms with Gasteiger partial charge in [-0.1, -0.05) is 6.92 Å². The van der Waals surface area contributed by atoms with Gasteiger partial charge in [-0.3, -0.25) is 0 Å². The number of likely N-dealkylation sites (tertiary alicyclic amines) is 1. The van der Waals surface area contributed by atoms with Crippen LogP contribution in [0.3, 0.4) is 0 Å². The van der Waals surface area contributed by atoms with Crippen molar-refractivity contribution in [2.45, 2.75) is 65.5 Å². The van der Waals surface area contributed by atoms with Crippen LogP contribution in [0.25, 0.3) is 0 Å². The van der Waals surface area contributed by atoms with Gasteiger partial charge in [-0.15, -0.1) is 11.3 Å². The normalized spacial score (nSPS) is 21.2. The van der Waals surface area contributed by atoms with Crippen LogP contribution in [-0.4, -0.2) is 35.2 Å². The first-order valence-electron chi connectivity index (χ1n) is 8.20. The molecule has 1 aliphatic heterocycles. The molecule has 0 radical (unpaired) electrons. The average molecular weight is 355 g/mol. The molecule has 0 aromatic carbocycles. The minimum absolute atomic E-state index is 0.295. The molecule has 1 N–H and O–H groups in total. The summed E-state index contributed by atoms with van der Waals surface area (Å²) >= 11 is 7.23. The Morgan fingerprint density at radius 3 is 2.52 bits per heavy atom. The van der Waals surface area contributed by atoms with E-state index in [-0.39, 0.29) is 5.97 Å². The van der Waals surface area contributed by atoms with E-state index in [4.69, 9.17) is 17.0 Å². The molecule has 6 heteroatoms. The quantitative estimate of drug-likeness (QED) is 0.645. The van der Waals surface area contributed by atoms with Crippen molar-refractivity contribution in [2.24, 2.45) is 0 Å². The SMILES string of the molecule is CCc1c(C)sc(NC(=S)N2[C@H](C)CCC[C@H]2C)c1C(=O)OC. The number of thiophene rings is 1. The van der Waals surface area contributed by atoms with E-state index in [9.17, 15) is 4.79 Å². The van der Waals surface area contributed by atoms with Crippen LogP contribution >= 0.6 is 23.6 Å². The standard InChI is InChI=1S/C17H26N2O2S2/c1-6-13-12(4)23-15(14(13)16(20)21-5)18-17(22)19-10(2)8-7-9-11(19)3/h10-11H,6-9H2,1-5H3,(H,18,22)/t10-,11-/m1/s1. The van der Waals surface area contributed by atoms with Crippen molar-refractivity contribution >= 4 is 39.6 Å². The van der Waals surface area contributed by atoms with Gasteiger partial charge in [0.15, 0.2) is 5.11 Å². The molecule has 1 saturated heterocycles.